The van der Waals surface area contributed by atoms with Gasteiger partial charge in [-0.1, -0.05) is 0 Å². The molecular formula is C14H20N2O2. The lowest BCUT2D eigenvalue weighted by Crippen LogP contribution is -2.24. The van der Waals surface area contributed by atoms with Crippen LogP contribution in [0, 0.1) is 25.2 Å². The van der Waals surface area contributed by atoms with Crippen molar-refractivity contribution in [2.75, 3.05) is 0 Å². The Kier molecular flexibility index (Phi) is 4.18. The lowest BCUT2D eigenvalue weighted by atomic mass is 10.1. The lowest BCUT2D eigenvalue weighted by molar-refractivity contribution is 0.00626. The summed E-state index contributed by atoms with van der Waals surface area (Å²) in [5.41, 5.74) is 2.85. The molecule has 98 valence electrons. The maximum absolute atomic E-state index is 12.0. The number of carbonyl (C=O) groups is 1. The highest BCUT2D eigenvalue weighted by Crippen LogP contribution is 2.21. The summed E-state index contributed by atoms with van der Waals surface area (Å²) < 4.78 is 5.34. The molecule has 0 atom stereocenters. The summed E-state index contributed by atoms with van der Waals surface area (Å²) in [4.78, 5) is 15.1. The number of nitrogens with zero attached hydrogens (tertiary/aromatic N) is 1. The summed E-state index contributed by atoms with van der Waals surface area (Å²) in [6.07, 6.45) is 1.11. The molecule has 1 heterocycles. The van der Waals surface area contributed by atoms with E-state index >= 15 is 0 Å². The van der Waals surface area contributed by atoms with E-state index in [2.05, 4.69) is 11.1 Å². The van der Waals surface area contributed by atoms with Gasteiger partial charge in [-0.15, -0.1) is 0 Å². The van der Waals surface area contributed by atoms with Crippen LogP contribution in [0.25, 0.3) is 0 Å². The predicted molar refractivity (Wildman–Crippen MR) is 69.4 cm³/mol. The second kappa shape index (κ2) is 5.26. The molecule has 0 aromatic carbocycles. The van der Waals surface area contributed by atoms with Gasteiger partial charge >= 0.3 is 5.97 Å². The van der Waals surface area contributed by atoms with Gasteiger partial charge < -0.3 is 9.72 Å². The van der Waals surface area contributed by atoms with E-state index in [1.165, 1.54) is 0 Å². The number of aryl methyl sites for hydroxylation is 1. The van der Waals surface area contributed by atoms with Crippen molar-refractivity contribution in [3.8, 4) is 6.07 Å². The molecule has 1 rings (SSSR count). The first-order valence-electron chi connectivity index (χ1n) is 6.04. The molecule has 4 nitrogen and oxygen atoms in total. The fourth-order valence-corrected chi connectivity index (χ4v) is 1.88. The van der Waals surface area contributed by atoms with E-state index in [0.717, 1.165) is 16.8 Å². The van der Waals surface area contributed by atoms with Crippen LogP contribution < -0.4 is 0 Å². The van der Waals surface area contributed by atoms with Gasteiger partial charge in [0.05, 0.1) is 6.07 Å². The van der Waals surface area contributed by atoms with Crippen LogP contribution in [0.1, 0.15) is 54.5 Å². The van der Waals surface area contributed by atoms with Crippen molar-refractivity contribution in [1.29, 1.82) is 5.26 Å². The van der Waals surface area contributed by atoms with E-state index < -0.39 is 5.60 Å². The number of carbonyl (C=O) groups excluding carboxylic acids is 1. The number of rotatable bonds is 3. The molecule has 0 saturated carbocycles. The van der Waals surface area contributed by atoms with Gasteiger partial charge in [0.1, 0.15) is 11.3 Å². The third kappa shape index (κ3) is 3.36. The van der Waals surface area contributed by atoms with E-state index in [9.17, 15) is 4.79 Å². The minimum Gasteiger partial charge on any atom is -0.455 e. The number of hydrogen-bond acceptors (Lipinski definition) is 3. The molecule has 0 aliphatic carbocycles. The molecule has 0 aliphatic rings. The van der Waals surface area contributed by atoms with Crippen molar-refractivity contribution in [3.63, 3.8) is 0 Å². The molecule has 0 spiro atoms. The van der Waals surface area contributed by atoms with Gasteiger partial charge in [-0.25, -0.2) is 4.79 Å². The molecule has 0 unspecified atom stereocenters. The maximum Gasteiger partial charge on any atom is 0.355 e. The molecule has 1 aromatic rings. The topological polar surface area (TPSA) is 65.9 Å². The van der Waals surface area contributed by atoms with Crippen LogP contribution in [-0.4, -0.2) is 16.6 Å². The molecule has 0 aliphatic heterocycles. The van der Waals surface area contributed by atoms with Crippen molar-refractivity contribution in [2.45, 2.75) is 53.1 Å². The quantitative estimate of drug-likeness (QED) is 0.836. The molecular weight excluding hydrogens is 228 g/mol. The van der Waals surface area contributed by atoms with Gasteiger partial charge in [0.15, 0.2) is 0 Å². The summed E-state index contributed by atoms with van der Waals surface area (Å²) in [5.74, 6) is -0.341. The van der Waals surface area contributed by atoms with Gasteiger partial charge in [0, 0.05) is 12.1 Å². The van der Waals surface area contributed by atoms with Crippen molar-refractivity contribution in [1.82, 2.24) is 4.98 Å². The van der Waals surface area contributed by atoms with E-state index in [-0.39, 0.29) is 5.97 Å². The maximum atomic E-state index is 12.0. The second-order valence-corrected chi connectivity index (χ2v) is 5.39. The lowest BCUT2D eigenvalue weighted by Gasteiger charge is -2.19. The molecule has 0 bridgehead atoms. The molecule has 18 heavy (non-hydrogen) atoms. The first-order chi connectivity index (χ1) is 8.26. The highest BCUT2D eigenvalue weighted by atomic mass is 16.6. The van der Waals surface area contributed by atoms with Crippen LogP contribution >= 0.6 is 0 Å². The first kappa shape index (κ1) is 14.3. The summed E-state index contributed by atoms with van der Waals surface area (Å²) in [7, 11) is 0. The Morgan fingerprint density at radius 1 is 1.39 bits per heavy atom. The number of H-pyrrole nitrogens is 1. The zero-order valence-corrected chi connectivity index (χ0v) is 11.7. The molecule has 1 aromatic heterocycles. The van der Waals surface area contributed by atoms with Crippen LogP contribution in [0.3, 0.4) is 0 Å². The van der Waals surface area contributed by atoms with Crippen LogP contribution in [0.4, 0.5) is 0 Å². The van der Waals surface area contributed by atoms with Crippen molar-refractivity contribution in [3.05, 3.63) is 22.5 Å². The van der Waals surface area contributed by atoms with Gasteiger partial charge in [0.2, 0.25) is 0 Å². The monoisotopic (exact) mass is 248 g/mol. The van der Waals surface area contributed by atoms with Gasteiger partial charge in [-0.05, 0) is 52.2 Å². The van der Waals surface area contributed by atoms with Crippen molar-refractivity contribution >= 4 is 5.97 Å². The molecule has 0 amide bonds. The molecule has 0 fully saturated rings. The standard InChI is InChI=1S/C14H20N2O2/c1-9-11(7-6-8-15)10(2)16-12(9)13(17)18-14(3,4)5/h16H,6-7H2,1-5H3. The molecule has 4 heteroatoms. The van der Waals surface area contributed by atoms with Crippen LogP contribution in [-0.2, 0) is 11.2 Å². The SMILES string of the molecule is Cc1[nH]c(C(=O)OC(C)(C)C)c(C)c1CCC#N. The number of ether oxygens (including phenoxy) is 1. The number of nitrogens with one attached hydrogen (secondary N) is 1. The summed E-state index contributed by atoms with van der Waals surface area (Å²) in [6, 6.07) is 2.12. The third-order valence-electron chi connectivity index (χ3n) is 2.68. The Balaban J connectivity index is 2.98. The number of nitriles is 1. The highest BCUT2D eigenvalue weighted by molar-refractivity contribution is 5.90. The average Bonchev–Trinajstić information content (AvgIpc) is 2.50. The summed E-state index contributed by atoms with van der Waals surface area (Å²) >= 11 is 0. The Hall–Kier alpha value is -1.76. The zero-order valence-electron chi connectivity index (χ0n) is 11.7. The number of aromatic nitrogens is 1. The third-order valence-corrected chi connectivity index (χ3v) is 2.68. The zero-order chi connectivity index (χ0) is 13.9. The fraction of sp³-hybridized carbons (Fsp3) is 0.571. The second-order valence-electron chi connectivity index (χ2n) is 5.39. The van der Waals surface area contributed by atoms with Crippen LogP contribution in [0.2, 0.25) is 0 Å². The van der Waals surface area contributed by atoms with Crippen LogP contribution in [0.15, 0.2) is 0 Å². The van der Waals surface area contributed by atoms with Gasteiger partial charge in [-0.2, -0.15) is 5.26 Å². The molecule has 1 N–H and O–H groups in total. The van der Waals surface area contributed by atoms with Gasteiger partial charge in [0.25, 0.3) is 0 Å². The smallest absolute Gasteiger partial charge is 0.355 e. The average molecular weight is 248 g/mol. The van der Waals surface area contributed by atoms with E-state index in [4.69, 9.17) is 10.00 Å². The Bertz CT molecular complexity index is 487. The van der Waals surface area contributed by atoms with E-state index in [1.807, 2.05) is 34.6 Å². The normalized spacial score (nSPS) is 11.1. The highest BCUT2D eigenvalue weighted by Gasteiger charge is 2.22. The minimum atomic E-state index is -0.505. The Morgan fingerprint density at radius 2 is 2.00 bits per heavy atom. The Labute approximate surface area is 108 Å². The molecule has 0 radical (unpaired) electrons. The van der Waals surface area contributed by atoms with Crippen molar-refractivity contribution in [2.24, 2.45) is 0 Å². The van der Waals surface area contributed by atoms with Crippen molar-refractivity contribution < 1.29 is 9.53 Å². The Morgan fingerprint density at radius 3 is 2.50 bits per heavy atom. The van der Waals surface area contributed by atoms with Gasteiger partial charge in [-0.3, -0.25) is 0 Å². The number of aromatic amines is 1. The minimum absolute atomic E-state index is 0.341. The van der Waals surface area contributed by atoms with E-state index in [0.29, 0.717) is 18.5 Å². The number of hydrogen-bond donors (Lipinski definition) is 1. The molecule has 0 saturated heterocycles. The predicted octanol–water partition coefficient (Wildman–Crippen LogP) is 3.04. The number of esters is 1. The largest absolute Gasteiger partial charge is 0.455 e. The van der Waals surface area contributed by atoms with Crippen LogP contribution in [0.5, 0.6) is 0 Å². The fourth-order valence-electron chi connectivity index (χ4n) is 1.88. The van der Waals surface area contributed by atoms with E-state index in [1.54, 1.807) is 0 Å². The summed E-state index contributed by atoms with van der Waals surface area (Å²) in [6.45, 7) is 9.31. The first-order valence-corrected chi connectivity index (χ1v) is 6.04. The summed E-state index contributed by atoms with van der Waals surface area (Å²) in [5, 5.41) is 8.63.